The van der Waals surface area contributed by atoms with Crippen LogP contribution in [0.25, 0.3) is 0 Å². The van der Waals surface area contributed by atoms with Gasteiger partial charge in [-0.15, -0.1) is 0 Å². The monoisotopic (exact) mass is 266 g/mol. The summed E-state index contributed by atoms with van der Waals surface area (Å²) in [6.07, 6.45) is 0. The molecule has 0 radical (unpaired) electrons. The van der Waals surface area contributed by atoms with Gasteiger partial charge in [-0.1, -0.05) is 42.5 Å². The lowest BCUT2D eigenvalue weighted by Gasteiger charge is -2.10. The molecule has 2 amide bonds. The number of rotatable bonds is 2. The van der Waals surface area contributed by atoms with Gasteiger partial charge in [0.2, 0.25) is 11.8 Å². The highest BCUT2D eigenvalue weighted by molar-refractivity contribution is 6.09. The average molecular weight is 266 g/mol. The molecule has 3 rings (SSSR count). The van der Waals surface area contributed by atoms with Gasteiger partial charge in [-0.25, -0.2) is 0 Å². The van der Waals surface area contributed by atoms with Gasteiger partial charge in [0, 0.05) is 6.92 Å². The van der Waals surface area contributed by atoms with Gasteiger partial charge in [-0.05, 0) is 17.2 Å². The van der Waals surface area contributed by atoms with Crippen LogP contribution in [0.1, 0.15) is 24.0 Å². The molecule has 4 heteroatoms. The summed E-state index contributed by atoms with van der Waals surface area (Å²) < 4.78 is 0. The topological polar surface area (TPSA) is 58.2 Å². The molecule has 1 unspecified atom stereocenters. The first-order chi connectivity index (χ1) is 9.66. The fourth-order valence-corrected chi connectivity index (χ4v) is 2.56. The molecule has 1 atom stereocenters. The molecule has 1 heterocycles. The van der Waals surface area contributed by atoms with Crippen molar-refractivity contribution in [2.24, 2.45) is 0 Å². The lowest BCUT2D eigenvalue weighted by atomic mass is 9.92. The standard InChI is InChI=1S/C16H14N2O2/c1-10(19)17-13-9-5-8-12-14(16(20)18-15(12)13)11-6-3-2-4-7-11/h2-9,14H,1H3,(H,17,19)(H,18,20). The summed E-state index contributed by atoms with van der Waals surface area (Å²) in [6, 6.07) is 15.2. The zero-order valence-corrected chi connectivity index (χ0v) is 11.0. The Morgan fingerprint density at radius 2 is 1.85 bits per heavy atom. The van der Waals surface area contributed by atoms with Crippen LogP contribution in [0.5, 0.6) is 0 Å². The van der Waals surface area contributed by atoms with Crippen molar-refractivity contribution in [2.75, 3.05) is 10.6 Å². The molecule has 0 spiro atoms. The van der Waals surface area contributed by atoms with Crippen LogP contribution >= 0.6 is 0 Å². The molecule has 0 bridgehead atoms. The fourth-order valence-electron chi connectivity index (χ4n) is 2.56. The Morgan fingerprint density at radius 3 is 2.55 bits per heavy atom. The van der Waals surface area contributed by atoms with E-state index in [1.165, 1.54) is 6.92 Å². The Kier molecular flexibility index (Phi) is 2.99. The van der Waals surface area contributed by atoms with E-state index in [-0.39, 0.29) is 17.7 Å². The van der Waals surface area contributed by atoms with Crippen LogP contribution in [0.15, 0.2) is 48.5 Å². The molecule has 2 aromatic rings. The number of nitrogens with one attached hydrogen (secondary N) is 2. The van der Waals surface area contributed by atoms with E-state index in [4.69, 9.17) is 0 Å². The molecule has 2 aromatic carbocycles. The minimum Gasteiger partial charge on any atom is -0.325 e. The zero-order valence-electron chi connectivity index (χ0n) is 11.0. The third-order valence-corrected chi connectivity index (χ3v) is 3.36. The summed E-state index contributed by atoms with van der Waals surface area (Å²) in [5.41, 5.74) is 3.18. The van der Waals surface area contributed by atoms with Gasteiger partial charge in [0.1, 0.15) is 0 Å². The Labute approximate surface area is 116 Å². The molecule has 0 saturated carbocycles. The highest BCUT2D eigenvalue weighted by Gasteiger charge is 2.33. The van der Waals surface area contributed by atoms with Crippen molar-refractivity contribution in [2.45, 2.75) is 12.8 Å². The van der Waals surface area contributed by atoms with Gasteiger partial charge in [-0.2, -0.15) is 0 Å². The van der Waals surface area contributed by atoms with Crippen molar-refractivity contribution >= 4 is 23.2 Å². The molecule has 0 aromatic heterocycles. The molecule has 0 fully saturated rings. The minimum absolute atomic E-state index is 0.0657. The lowest BCUT2D eigenvalue weighted by molar-refractivity contribution is -0.116. The fraction of sp³-hybridized carbons (Fsp3) is 0.125. The predicted molar refractivity (Wildman–Crippen MR) is 77.7 cm³/mol. The van der Waals surface area contributed by atoms with Crippen LogP contribution in [0.4, 0.5) is 11.4 Å². The van der Waals surface area contributed by atoms with Crippen LogP contribution in [0.3, 0.4) is 0 Å². The van der Waals surface area contributed by atoms with Crippen molar-refractivity contribution in [3.8, 4) is 0 Å². The Bertz CT molecular complexity index is 680. The maximum absolute atomic E-state index is 12.2. The molecular weight excluding hydrogens is 252 g/mol. The normalized spacial score (nSPS) is 16.4. The van der Waals surface area contributed by atoms with Gasteiger partial charge >= 0.3 is 0 Å². The summed E-state index contributed by atoms with van der Waals surface area (Å²) in [5.74, 6) is -0.542. The van der Waals surface area contributed by atoms with E-state index in [0.29, 0.717) is 11.4 Å². The number of anilines is 2. The van der Waals surface area contributed by atoms with E-state index in [9.17, 15) is 9.59 Å². The Balaban J connectivity index is 2.08. The maximum Gasteiger partial charge on any atom is 0.236 e. The molecule has 2 N–H and O–H groups in total. The maximum atomic E-state index is 12.2. The second-order valence-corrected chi connectivity index (χ2v) is 4.78. The largest absolute Gasteiger partial charge is 0.325 e. The number of carbonyl (C=O) groups is 2. The van der Waals surface area contributed by atoms with Gasteiger partial charge in [-0.3, -0.25) is 9.59 Å². The van der Waals surface area contributed by atoms with Gasteiger partial charge in [0.25, 0.3) is 0 Å². The smallest absolute Gasteiger partial charge is 0.236 e. The predicted octanol–water partition coefficient (Wildman–Crippen LogP) is 2.73. The Morgan fingerprint density at radius 1 is 1.10 bits per heavy atom. The van der Waals surface area contributed by atoms with Crippen molar-refractivity contribution in [3.05, 3.63) is 59.7 Å². The summed E-state index contributed by atoms with van der Waals surface area (Å²) in [4.78, 5) is 23.5. The highest BCUT2D eigenvalue weighted by Crippen LogP contribution is 2.41. The summed E-state index contributed by atoms with van der Waals surface area (Å²) in [6.45, 7) is 1.45. The molecule has 1 aliphatic heterocycles. The molecule has 4 nitrogen and oxygen atoms in total. The molecule has 1 aliphatic rings. The average Bonchev–Trinajstić information content (AvgIpc) is 2.76. The molecule has 100 valence electrons. The van der Waals surface area contributed by atoms with Crippen molar-refractivity contribution in [1.82, 2.24) is 0 Å². The minimum atomic E-state index is -0.320. The van der Waals surface area contributed by atoms with E-state index in [2.05, 4.69) is 10.6 Å². The third kappa shape index (κ3) is 2.05. The van der Waals surface area contributed by atoms with E-state index < -0.39 is 0 Å². The van der Waals surface area contributed by atoms with E-state index in [1.54, 1.807) is 6.07 Å². The molecular formula is C16H14N2O2. The molecule has 0 aliphatic carbocycles. The Hall–Kier alpha value is -2.62. The van der Waals surface area contributed by atoms with Crippen LogP contribution in [-0.4, -0.2) is 11.8 Å². The van der Waals surface area contributed by atoms with Gasteiger partial charge in [0.15, 0.2) is 0 Å². The van der Waals surface area contributed by atoms with Crippen LogP contribution in [0, 0.1) is 0 Å². The number of fused-ring (bicyclic) bond motifs is 1. The number of hydrogen-bond donors (Lipinski definition) is 2. The van der Waals surface area contributed by atoms with E-state index in [0.717, 1.165) is 11.1 Å². The SMILES string of the molecule is CC(=O)Nc1cccc2c1NC(=O)C2c1ccccc1. The van der Waals surface area contributed by atoms with Gasteiger partial charge in [0.05, 0.1) is 17.3 Å². The highest BCUT2D eigenvalue weighted by atomic mass is 16.2. The van der Waals surface area contributed by atoms with Gasteiger partial charge < -0.3 is 10.6 Å². The van der Waals surface area contributed by atoms with Crippen LogP contribution in [-0.2, 0) is 9.59 Å². The van der Waals surface area contributed by atoms with Crippen LogP contribution in [0.2, 0.25) is 0 Å². The second-order valence-electron chi connectivity index (χ2n) is 4.78. The third-order valence-electron chi connectivity index (χ3n) is 3.36. The number of benzene rings is 2. The van der Waals surface area contributed by atoms with Crippen molar-refractivity contribution in [3.63, 3.8) is 0 Å². The summed E-state index contributed by atoms with van der Waals surface area (Å²) in [7, 11) is 0. The first-order valence-electron chi connectivity index (χ1n) is 6.43. The molecule has 20 heavy (non-hydrogen) atoms. The van der Waals surface area contributed by atoms with Crippen molar-refractivity contribution < 1.29 is 9.59 Å². The summed E-state index contributed by atoms with van der Waals surface area (Å²) >= 11 is 0. The van der Waals surface area contributed by atoms with Crippen molar-refractivity contribution in [1.29, 1.82) is 0 Å². The second kappa shape index (κ2) is 4.81. The number of para-hydroxylation sites is 1. The lowest BCUT2D eigenvalue weighted by Crippen LogP contribution is -2.13. The summed E-state index contributed by atoms with van der Waals surface area (Å²) in [5, 5.41) is 5.61. The first kappa shape index (κ1) is 12.4. The zero-order chi connectivity index (χ0) is 14.1. The van der Waals surface area contributed by atoms with E-state index >= 15 is 0 Å². The number of carbonyl (C=O) groups excluding carboxylic acids is 2. The van der Waals surface area contributed by atoms with E-state index in [1.807, 2.05) is 42.5 Å². The first-order valence-corrected chi connectivity index (χ1v) is 6.43. The number of amides is 2. The van der Waals surface area contributed by atoms with Crippen LogP contribution < -0.4 is 10.6 Å². The number of hydrogen-bond acceptors (Lipinski definition) is 2. The molecule has 0 saturated heterocycles. The quantitative estimate of drug-likeness (QED) is 0.878.